The molecule has 0 bridgehead atoms. The SMILES string of the molecule is CCOC(=O)CCCNC(=NC)NCC(C)Oc1cccc(OC)c1.I. The summed E-state index contributed by atoms with van der Waals surface area (Å²) in [5.74, 6) is 2.01. The van der Waals surface area contributed by atoms with Gasteiger partial charge in [-0.15, -0.1) is 24.0 Å². The zero-order chi connectivity index (χ0) is 18.5. The highest BCUT2D eigenvalue weighted by Crippen LogP contribution is 2.19. The van der Waals surface area contributed by atoms with Gasteiger partial charge in [0.2, 0.25) is 0 Å². The van der Waals surface area contributed by atoms with Crippen LogP contribution < -0.4 is 20.1 Å². The third-order valence-corrected chi connectivity index (χ3v) is 3.31. The number of carbonyl (C=O) groups is 1. The van der Waals surface area contributed by atoms with E-state index in [0.29, 0.717) is 38.5 Å². The smallest absolute Gasteiger partial charge is 0.305 e. The van der Waals surface area contributed by atoms with Gasteiger partial charge in [-0.2, -0.15) is 0 Å². The number of benzene rings is 1. The summed E-state index contributed by atoms with van der Waals surface area (Å²) >= 11 is 0. The van der Waals surface area contributed by atoms with Gasteiger partial charge in [-0.1, -0.05) is 6.07 Å². The molecule has 0 fully saturated rings. The number of nitrogens with zero attached hydrogens (tertiary/aromatic N) is 1. The van der Waals surface area contributed by atoms with Crippen molar-refractivity contribution in [1.82, 2.24) is 10.6 Å². The molecule has 0 radical (unpaired) electrons. The van der Waals surface area contributed by atoms with Gasteiger partial charge in [0.1, 0.15) is 17.6 Å². The Bertz CT molecular complexity index is 555. The number of hydrogen-bond acceptors (Lipinski definition) is 5. The third kappa shape index (κ3) is 10.3. The van der Waals surface area contributed by atoms with E-state index in [1.807, 2.05) is 31.2 Å². The second-order valence-electron chi connectivity index (χ2n) is 5.40. The van der Waals surface area contributed by atoms with Crippen molar-refractivity contribution < 1.29 is 19.0 Å². The van der Waals surface area contributed by atoms with Crippen LogP contribution in [0.3, 0.4) is 0 Å². The Balaban J connectivity index is 0.00000625. The average molecular weight is 479 g/mol. The molecular formula is C18H30IN3O4. The predicted octanol–water partition coefficient (Wildman–Crippen LogP) is 2.59. The number of rotatable bonds is 10. The Kier molecular flexibility index (Phi) is 13.5. The van der Waals surface area contributed by atoms with E-state index in [-0.39, 0.29) is 36.0 Å². The van der Waals surface area contributed by atoms with Crippen LogP contribution in [0.5, 0.6) is 11.5 Å². The van der Waals surface area contributed by atoms with Crippen molar-refractivity contribution in [3.63, 3.8) is 0 Å². The third-order valence-electron chi connectivity index (χ3n) is 3.31. The molecule has 7 nitrogen and oxygen atoms in total. The first-order valence-corrected chi connectivity index (χ1v) is 8.49. The molecule has 0 aliphatic carbocycles. The van der Waals surface area contributed by atoms with Crippen LogP contribution in [0.1, 0.15) is 26.7 Å². The van der Waals surface area contributed by atoms with Crippen LogP contribution in [-0.2, 0) is 9.53 Å². The van der Waals surface area contributed by atoms with Crippen molar-refractivity contribution in [3.05, 3.63) is 24.3 Å². The Morgan fingerprint density at radius 2 is 2.00 bits per heavy atom. The molecule has 2 N–H and O–H groups in total. The second kappa shape index (κ2) is 14.5. The number of carbonyl (C=O) groups excluding carboxylic acids is 1. The molecule has 0 aliphatic heterocycles. The lowest BCUT2D eigenvalue weighted by Crippen LogP contribution is -2.42. The minimum absolute atomic E-state index is 0. The first-order chi connectivity index (χ1) is 12.1. The maximum absolute atomic E-state index is 11.3. The standard InChI is InChI=1S/C18H29N3O4.HI/c1-5-24-17(22)10-7-11-20-18(19-3)21-13-14(2)25-16-9-6-8-15(12-16)23-4;/h6,8-9,12,14H,5,7,10-11,13H2,1-4H3,(H2,19,20,21);1H. The van der Waals surface area contributed by atoms with E-state index in [1.165, 1.54) is 0 Å². The van der Waals surface area contributed by atoms with Crippen molar-refractivity contribution in [1.29, 1.82) is 0 Å². The van der Waals surface area contributed by atoms with E-state index in [0.717, 1.165) is 11.5 Å². The molecule has 26 heavy (non-hydrogen) atoms. The van der Waals surface area contributed by atoms with E-state index in [4.69, 9.17) is 14.2 Å². The lowest BCUT2D eigenvalue weighted by atomic mass is 10.3. The van der Waals surface area contributed by atoms with Crippen LogP contribution in [0.2, 0.25) is 0 Å². The van der Waals surface area contributed by atoms with Gasteiger partial charge >= 0.3 is 5.97 Å². The molecule has 0 aromatic heterocycles. The van der Waals surface area contributed by atoms with Crippen LogP contribution in [0.4, 0.5) is 0 Å². The number of guanidine groups is 1. The maximum atomic E-state index is 11.3. The summed E-state index contributed by atoms with van der Waals surface area (Å²) in [5, 5.41) is 6.36. The van der Waals surface area contributed by atoms with Crippen molar-refractivity contribution in [2.45, 2.75) is 32.8 Å². The molecule has 1 rings (SSSR count). The number of aliphatic imine (C=N–C) groups is 1. The minimum Gasteiger partial charge on any atom is -0.497 e. The summed E-state index contributed by atoms with van der Waals surface area (Å²) < 4.78 is 15.9. The van der Waals surface area contributed by atoms with E-state index in [2.05, 4.69) is 15.6 Å². The molecule has 1 atom stereocenters. The fraction of sp³-hybridized carbons (Fsp3) is 0.556. The van der Waals surface area contributed by atoms with E-state index in [1.54, 1.807) is 21.1 Å². The van der Waals surface area contributed by atoms with Gasteiger partial charge in [-0.05, 0) is 32.4 Å². The van der Waals surface area contributed by atoms with Crippen molar-refractivity contribution in [2.24, 2.45) is 4.99 Å². The predicted molar refractivity (Wildman–Crippen MR) is 114 cm³/mol. The molecule has 0 aliphatic rings. The second-order valence-corrected chi connectivity index (χ2v) is 5.40. The van der Waals surface area contributed by atoms with E-state index in [9.17, 15) is 4.79 Å². The summed E-state index contributed by atoms with van der Waals surface area (Å²) in [4.78, 5) is 15.4. The monoisotopic (exact) mass is 479 g/mol. The zero-order valence-electron chi connectivity index (χ0n) is 15.9. The molecule has 0 spiro atoms. The van der Waals surface area contributed by atoms with Crippen molar-refractivity contribution in [2.75, 3.05) is 33.9 Å². The molecule has 0 saturated heterocycles. The van der Waals surface area contributed by atoms with Crippen LogP contribution in [0.15, 0.2) is 29.3 Å². The number of hydrogen-bond donors (Lipinski definition) is 2. The summed E-state index contributed by atoms with van der Waals surface area (Å²) in [6.07, 6.45) is 1.04. The summed E-state index contributed by atoms with van der Waals surface area (Å²) in [6.45, 7) is 5.43. The number of esters is 1. The highest BCUT2D eigenvalue weighted by Gasteiger charge is 2.07. The highest BCUT2D eigenvalue weighted by molar-refractivity contribution is 14.0. The van der Waals surface area contributed by atoms with Crippen molar-refractivity contribution >= 4 is 35.9 Å². The quantitative estimate of drug-likeness (QED) is 0.177. The Labute approximate surface area is 172 Å². The first-order valence-electron chi connectivity index (χ1n) is 8.49. The van der Waals surface area contributed by atoms with Gasteiger partial charge in [0, 0.05) is 26.1 Å². The van der Waals surface area contributed by atoms with Crippen LogP contribution in [0, 0.1) is 0 Å². The molecule has 0 heterocycles. The molecule has 1 aromatic rings. The maximum Gasteiger partial charge on any atom is 0.305 e. The fourth-order valence-electron chi connectivity index (χ4n) is 2.08. The Morgan fingerprint density at radius 1 is 1.27 bits per heavy atom. The molecule has 1 unspecified atom stereocenters. The Hall–Kier alpha value is -1.71. The normalized spacial score (nSPS) is 11.8. The van der Waals surface area contributed by atoms with Gasteiger partial charge in [0.25, 0.3) is 0 Å². The van der Waals surface area contributed by atoms with Gasteiger partial charge < -0.3 is 24.8 Å². The largest absolute Gasteiger partial charge is 0.497 e. The molecule has 148 valence electrons. The zero-order valence-corrected chi connectivity index (χ0v) is 18.2. The molecule has 8 heteroatoms. The van der Waals surface area contributed by atoms with Gasteiger partial charge in [0.15, 0.2) is 5.96 Å². The number of nitrogens with one attached hydrogen (secondary N) is 2. The summed E-state index contributed by atoms with van der Waals surface area (Å²) in [5.41, 5.74) is 0. The molecule has 1 aromatic carbocycles. The van der Waals surface area contributed by atoms with E-state index < -0.39 is 0 Å². The van der Waals surface area contributed by atoms with Crippen LogP contribution >= 0.6 is 24.0 Å². The average Bonchev–Trinajstić information content (AvgIpc) is 2.61. The molecule has 0 amide bonds. The minimum atomic E-state index is -0.174. The van der Waals surface area contributed by atoms with Gasteiger partial charge in [-0.3, -0.25) is 9.79 Å². The molecule has 0 saturated carbocycles. The molecular weight excluding hydrogens is 449 g/mol. The lowest BCUT2D eigenvalue weighted by molar-refractivity contribution is -0.143. The van der Waals surface area contributed by atoms with Gasteiger partial charge in [0.05, 0.1) is 20.3 Å². The number of ether oxygens (including phenoxy) is 3. The van der Waals surface area contributed by atoms with Crippen molar-refractivity contribution in [3.8, 4) is 11.5 Å². The highest BCUT2D eigenvalue weighted by atomic mass is 127. The summed E-state index contributed by atoms with van der Waals surface area (Å²) in [6, 6.07) is 7.50. The van der Waals surface area contributed by atoms with Crippen LogP contribution in [-0.4, -0.2) is 51.9 Å². The van der Waals surface area contributed by atoms with Gasteiger partial charge in [-0.25, -0.2) is 0 Å². The first kappa shape index (κ1) is 24.3. The summed E-state index contributed by atoms with van der Waals surface area (Å²) in [7, 11) is 3.33. The van der Waals surface area contributed by atoms with Crippen LogP contribution in [0.25, 0.3) is 0 Å². The lowest BCUT2D eigenvalue weighted by Gasteiger charge is -2.18. The number of methoxy groups -OCH3 is 1. The van der Waals surface area contributed by atoms with E-state index >= 15 is 0 Å². The Morgan fingerprint density at radius 3 is 2.65 bits per heavy atom. The fourth-order valence-corrected chi connectivity index (χ4v) is 2.08. The number of halogens is 1. The topological polar surface area (TPSA) is 81.2 Å².